The Morgan fingerprint density at radius 1 is 0.964 bits per heavy atom. The Balaban J connectivity index is 1.65. The number of imide groups is 1. The number of Topliss-reactive ketones (excluding diaryl/α,β-unsaturated/α-hetero) is 1. The first-order valence-electron chi connectivity index (χ1n) is 9.35. The summed E-state index contributed by atoms with van der Waals surface area (Å²) in [6.45, 7) is 3.42. The topological polar surface area (TPSA) is 70.0 Å². The van der Waals surface area contributed by atoms with Crippen LogP contribution in [0.2, 0.25) is 0 Å². The van der Waals surface area contributed by atoms with Crippen molar-refractivity contribution in [2.75, 3.05) is 4.90 Å². The fourth-order valence-electron chi connectivity index (χ4n) is 4.77. The van der Waals surface area contributed by atoms with Crippen LogP contribution < -0.4 is 4.90 Å². The number of hydrogen-bond acceptors (Lipinski definition) is 5. The van der Waals surface area contributed by atoms with E-state index in [1.54, 1.807) is 23.4 Å². The maximum absolute atomic E-state index is 13.4. The number of ketones is 1. The van der Waals surface area contributed by atoms with E-state index in [2.05, 4.69) is 5.10 Å². The van der Waals surface area contributed by atoms with E-state index in [-0.39, 0.29) is 17.6 Å². The number of carbonyl (C=O) groups excluding carboxylic acids is 3. The van der Waals surface area contributed by atoms with Crippen LogP contribution in [-0.4, -0.2) is 34.9 Å². The minimum absolute atomic E-state index is 0.152. The predicted octanol–water partition coefficient (Wildman–Crippen LogP) is 2.46. The van der Waals surface area contributed by atoms with Crippen molar-refractivity contribution >= 4 is 29.5 Å². The number of hydrogen-bond donors (Lipinski definition) is 0. The summed E-state index contributed by atoms with van der Waals surface area (Å²) >= 11 is 0. The van der Waals surface area contributed by atoms with Crippen LogP contribution in [0, 0.1) is 18.8 Å². The number of carbonyl (C=O) groups is 3. The third-order valence-electron chi connectivity index (χ3n) is 6.00. The van der Waals surface area contributed by atoms with E-state index in [1.807, 2.05) is 43.3 Å². The highest BCUT2D eigenvalue weighted by Gasteiger charge is 2.64. The molecule has 28 heavy (non-hydrogen) atoms. The van der Waals surface area contributed by atoms with E-state index in [0.717, 1.165) is 16.7 Å². The van der Waals surface area contributed by atoms with Gasteiger partial charge in [0.2, 0.25) is 11.8 Å². The van der Waals surface area contributed by atoms with Crippen molar-refractivity contribution in [3.05, 3.63) is 65.2 Å². The molecular formula is C22H19N3O3. The molecule has 3 aliphatic heterocycles. The average molecular weight is 373 g/mol. The number of fused-ring (bicyclic) bond motifs is 5. The van der Waals surface area contributed by atoms with Gasteiger partial charge in [-0.2, -0.15) is 5.10 Å². The van der Waals surface area contributed by atoms with Gasteiger partial charge in [0.1, 0.15) is 6.04 Å². The minimum Gasteiger partial charge on any atom is -0.298 e. The van der Waals surface area contributed by atoms with Crippen LogP contribution in [0.3, 0.4) is 0 Å². The molecule has 140 valence electrons. The van der Waals surface area contributed by atoms with Crippen molar-refractivity contribution < 1.29 is 14.4 Å². The molecule has 2 fully saturated rings. The Bertz CT molecular complexity index is 1040. The zero-order chi connectivity index (χ0) is 19.6. The van der Waals surface area contributed by atoms with E-state index in [1.165, 1.54) is 11.8 Å². The van der Waals surface area contributed by atoms with Gasteiger partial charge in [-0.15, -0.1) is 0 Å². The molecule has 0 spiro atoms. The second-order valence-corrected chi connectivity index (χ2v) is 7.65. The molecule has 2 aromatic rings. The molecule has 3 aliphatic rings. The van der Waals surface area contributed by atoms with Crippen molar-refractivity contribution in [1.29, 1.82) is 0 Å². The first-order chi connectivity index (χ1) is 13.5. The summed E-state index contributed by atoms with van der Waals surface area (Å²) in [5.41, 5.74) is 3.45. The van der Waals surface area contributed by atoms with E-state index in [9.17, 15) is 14.4 Å². The van der Waals surface area contributed by atoms with Crippen LogP contribution in [0.25, 0.3) is 0 Å². The molecule has 0 bridgehead atoms. The van der Waals surface area contributed by atoms with Gasteiger partial charge in [0.25, 0.3) is 0 Å². The van der Waals surface area contributed by atoms with E-state index in [4.69, 9.17) is 0 Å². The Labute approximate surface area is 162 Å². The summed E-state index contributed by atoms with van der Waals surface area (Å²) in [5, 5.41) is 6.13. The van der Waals surface area contributed by atoms with Gasteiger partial charge in [0.05, 0.1) is 29.8 Å². The lowest BCUT2D eigenvalue weighted by Crippen LogP contribution is -2.43. The van der Waals surface area contributed by atoms with Gasteiger partial charge in [-0.3, -0.25) is 19.4 Å². The first-order valence-corrected chi connectivity index (χ1v) is 9.35. The van der Waals surface area contributed by atoms with Crippen LogP contribution in [0.4, 0.5) is 5.69 Å². The van der Waals surface area contributed by atoms with Crippen LogP contribution >= 0.6 is 0 Å². The number of benzene rings is 2. The van der Waals surface area contributed by atoms with Gasteiger partial charge in [0, 0.05) is 0 Å². The number of nitrogens with zero attached hydrogens (tertiary/aromatic N) is 3. The third kappa shape index (κ3) is 2.14. The highest BCUT2D eigenvalue weighted by Crippen LogP contribution is 2.52. The molecule has 0 N–H and O–H groups in total. The van der Waals surface area contributed by atoms with Crippen LogP contribution in [0.15, 0.2) is 53.6 Å². The van der Waals surface area contributed by atoms with Gasteiger partial charge in [-0.1, -0.05) is 42.0 Å². The molecule has 2 amide bonds. The lowest BCUT2D eigenvalue weighted by molar-refractivity contribution is -0.129. The van der Waals surface area contributed by atoms with E-state index >= 15 is 0 Å². The fourth-order valence-corrected chi connectivity index (χ4v) is 4.77. The molecule has 5 rings (SSSR count). The van der Waals surface area contributed by atoms with E-state index < -0.39 is 23.9 Å². The molecule has 6 nitrogen and oxygen atoms in total. The molecule has 0 saturated carbocycles. The third-order valence-corrected chi connectivity index (χ3v) is 6.00. The van der Waals surface area contributed by atoms with Gasteiger partial charge in [-0.25, -0.2) is 4.90 Å². The first kappa shape index (κ1) is 16.9. The van der Waals surface area contributed by atoms with Crippen molar-refractivity contribution in [1.82, 2.24) is 5.01 Å². The molecule has 2 saturated heterocycles. The Hall–Kier alpha value is -3.28. The predicted molar refractivity (Wildman–Crippen MR) is 104 cm³/mol. The minimum atomic E-state index is -0.730. The normalized spacial score (nSPS) is 27.6. The smallest absolute Gasteiger partial charge is 0.240 e. The zero-order valence-electron chi connectivity index (χ0n) is 15.6. The van der Waals surface area contributed by atoms with Gasteiger partial charge in [0.15, 0.2) is 5.78 Å². The molecule has 3 heterocycles. The second-order valence-electron chi connectivity index (χ2n) is 7.65. The summed E-state index contributed by atoms with van der Waals surface area (Å²) in [6.07, 6.45) is 1.70. The molecule has 6 heteroatoms. The van der Waals surface area contributed by atoms with Gasteiger partial charge < -0.3 is 0 Å². The standard InChI is InChI=1S/C22H19N3O3/c1-12-7-9-15(10-8-12)24-21(27)17-18(22(24)28)20-16-6-4-3-5-14(16)11-23-25(20)19(17)13(2)26/h3-11,17-20H,1-2H3/t17-,18-,19-,20+/m1/s1. The summed E-state index contributed by atoms with van der Waals surface area (Å²) in [5.74, 6) is -2.08. The summed E-state index contributed by atoms with van der Waals surface area (Å²) in [6, 6.07) is 13.9. The molecule has 0 unspecified atom stereocenters. The van der Waals surface area contributed by atoms with Gasteiger partial charge in [-0.05, 0) is 37.1 Å². The zero-order valence-corrected chi connectivity index (χ0v) is 15.6. The van der Waals surface area contributed by atoms with Crippen LogP contribution in [0.5, 0.6) is 0 Å². The lowest BCUT2D eigenvalue weighted by Gasteiger charge is -2.33. The summed E-state index contributed by atoms with van der Waals surface area (Å²) in [7, 11) is 0. The molecule has 0 aromatic heterocycles. The van der Waals surface area contributed by atoms with Crippen molar-refractivity contribution in [3.8, 4) is 0 Å². The quantitative estimate of drug-likeness (QED) is 0.759. The molecule has 2 aromatic carbocycles. The molecule has 4 atom stereocenters. The highest BCUT2D eigenvalue weighted by atomic mass is 16.2. The van der Waals surface area contributed by atoms with Crippen LogP contribution in [0.1, 0.15) is 29.7 Å². The average Bonchev–Trinajstić information content (AvgIpc) is 3.16. The largest absolute Gasteiger partial charge is 0.298 e. The summed E-state index contributed by atoms with van der Waals surface area (Å²) < 4.78 is 0. The van der Waals surface area contributed by atoms with Crippen molar-refractivity contribution in [3.63, 3.8) is 0 Å². The van der Waals surface area contributed by atoms with Gasteiger partial charge >= 0.3 is 0 Å². The second kappa shape index (κ2) is 5.86. The Morgan fingerprint density at radius 3 is 2.36 bits per heavy atom. The molecular weight excluding hydrogens is 354 g/mol. The maximum Gasteiger partial charge on any atom is 0.240 e. The van der Waals surface area contributed by atoms with Crippen molar-refractivity contribution in [2.45, 2.75) is 25.9 Å². The number of amides is 2. The maximum atomic E-state index is 13.4. The number of aryl methyl sites for hydroxylation is 1. The number of anilines is 1. The van der Waals surface area contributed by atoms with Crippen LogP contribution in [-0.2, 0) is 14.4 Å². The SMILES string of the molecule is CC(=O)[C@@H]1[C@@H]2C(=O)N(c3ccc(C)cc3)C(=O)[C@H]2[C@@H]2c3ccccc3C=NN12. The Morgan fingerprint density at radius 2 is 1.64 bits per heavy atom. The van der Waals surface area contributed by atoms with Crippen molar-refractivity contribution in [2.24, 2.45) is 16.9 Å². The van der Waals surface area contributed by atoms with E-state index in [0.29, 0.717) is 5.69 Å². The molecule has 0 aliphatic carbocycles. The lowest BCUT2D eigenvalue weighted by atomic mass is 9.84. The fraction of sp³-hybridized carbons (Fsp3) is 0.273. The monoisotopic (exact) mass is 373 g/mol. The number of rotatable bonds is 2. The summed E-state index contributed by atoms with van der Waals surface area (Å²) in [4.78, 5) is 40.5. The Kier molecular flexibility index (Phi) is 3.53. The number of hydrazone groups is 1. The highest BCUT2D eigenvalue weighted by molar-refractivity contribution is 6.24. The molecule has 0 radical (unpaired) electrons.